The minimum atomic E-state index is -0.930. The molecule has 0 aliphatic carbocycles. The molecule has 1 aromatic carbocycles. The Hall–Kier alpha value is -1.88. The zero-order valence-electron chi connectivity index (χ0n) is 13.6. The van der Waals surface area contributed by atoms with E-state index in [0.29, 0.717) is 0 Å². The summed E-state index contributed by atoms with van der Waals surface area (Å²) in [5, 5.41) is 11.8. The van der Waals surface area contributed by atoms with Gasteiger partial charge in [0.2, 0.25) is 5.91 Å². The van der Waals surface area contributed by atoms with Crippen LogP contribution in [-0.4, -0.2) is 35.2 Å². The van der Waals surface area contributed by atoms with Gasteiger partial charge in [-0.2, -0.15) is 0 Å². The Morgan fingerprint density at radius 3 is 2.32 bits per heavy atom. The standard InChI is InChI=1S/C17H25NO4/c1-12(19)11-18-15(20)14(16(21)22-17(2,3)4)10-13-8-6-5-7-9-13/h5-9,12,14,19H,10-11H2,1-4H3,(H,18,20)/t12-,14+/m0/s1. The van der Waals surface area contributed by atoms with Crippen molar-refractivity contribution in [3.8, 4) is 0 Å². The normalized spacial score (nSPS) is 14.0. The number of benzene rings is 1. The lowest BCUT2D eigenvalue weighted by atomic mass is 9.98. The molecule has 0 saturated carbocycles. The Kier molecular flexibility index (Phi) is 6.56. The Bertz CT molecular complexity index is 491. The molecule has 0 aromatic heterocycles. The number of ether oxygens (including phenoxy) is 1. The Morgan fingerprint density at radius 2 is 1.82 bits per heavy atom. The summed E-state index contributed by atoms with van der Waals surface area (Å²) in [6.07, 6.45) is -0.401. The molecular weight excluding hydrogens is 282 g/mol. The highest BCUT2D eigenvalue weighted by molar-refractivity contribution is 5.98. The molecule has 0 aliphatic rings. The number of esters is 1. The number of rotatable bonds is 6. The lowest BCUT2D eigenvalue weighted by Gasteiger charge is -2.24. The summed E-state index contributed by atoms with van der Waals surface area (Å²) in [5.74, 6) is -1.92. The van der Waals surface area contributed by atoms with E-state index in [1.165, 1.54) is 0 Å². The van der Waals surface area contributed by atoms with Gasteiger partial charge in [-0.25, -0.2) is 0 Å². The van der Waals surface area contributed by atoms with Crippen molar-refractivity contribution in [1.29, 1.82) is 0 Å². The maximum absolute atomic E-state index is 12.3. The second-order valence-electron chi connectivity index (χ2n) is 6.37. The van der Waals surface area contributed by atoms with Gasteiger partial charge in [0, 0.05) is 6.54 Å². The van der Waals surface area contributed by atoms with E-state index in [2.05, 4.69) is 5.32 Å². The van der Waals surface area contributed by atoms with Crippen molar-refractivity contribution in [2.24, 2.45) is 5.92 Å². The predicted octanol–water partition coefficient (Wildman–Crippen LogP) is 1.68. The van der Waals surface area contributed by atoms with E-state index in [1.807, 2.05) is 30.3 Å². The van der Waals surface area contributed by atoms with Gasteiger partial charge < -0.3 is 15.2 Å². The lowest BCUT2D eigenvalue weighted by Crippen LogP contribution is -2.42. The molecule has 5 heteroatoms. The topological polar surface area (TPSA) is 75.6 Å². The van der Waals surface area contributed by atoms with Crippen molar-refractivity contribution < 1.29 is 19.4 Å². The molecule has 0 spiro atoms. The van der Waals surface area contributed by atoms with Crippen LogP contribution >= 0.6 is 0 Å². The molecule has 1 amide bonds. The maximum atomic E-state index is 12.3. The number of nitrogens with one attached hydrogen (secondary N) is 1. The highest BCUT2D eigenvalue weighted by atomic mass is 16.6. The van der Waals surface area contributed by atoms with Crippen LogP contribution in [0.4, 0.5) is 0 Å². The predicted molar refractivity (Wildman–Crippen MR) is 84.2 cm³/mol. The van der Waals surface area contributed by atoms with Crippen molar-refractivity contribution in [1.82, 2.24) is 5.32 Å². The van der Waals surface area contributed by atoms with Crippen LogP contribution in [0.15, 0.2) is 30.3 Å². The number of hydrogen-bond acceptors (Lipinski definition) is 4. The van der Waals surface area contributed by atoms with Gasteiger partial charge in [-0.05, 0) is 39.7 Å². The third-order valence-corrected chi connectivity index (χ3v) is 2.86. The monoisotopic (exact) mass is 307 g/mol. The first-order chi connectivity index (χ1) is 10.2. The van der Waals surface area contributed by atoms with Crippen molar-refractivity contribution >= 4 is 11.9 Å². The third kappa shape index (κ3) is 6.72. The quantitative estimate of drug-likeness (QED) is 0.619. The highest BCUT2D eigenvalue weighted by Crippen LogP contribution is 2.16. The Labute approximate surface area is 131 Å². The van der Waals surface area contributed by atoms with Crippen LogP contribution < -0.4 is 5.32 Å². The van der Waals surface area contributed by atoms with Crippen LogP contribution in [0.5, 0.6) is 0 Å². The summed E-state index contributed by atoms with van der Waals surface area (Å²) in [7, 11) is 0. The smallest absolute Gasteiger partial charge is 0.319 e. The largest absolute Gasteiger partial charge is 0.459 e. The Morgan fingerprint density at radius 1 is 1.23 bits per heavy atom. The molecule has 0 aliphatic heterocycles. The average molecular weight is 307 g/mol. The first-order valence-corrected chi connectivity index (χ1v) is 7.41. The van der Waals surface area contributed by atoms with E-state index in [0.717, 1.165) is 5.56 Å². The number of carbonyl (C=O) groups excluding carboxylic acids is 2. The molecule has 0 radical (unpaired) electrons. The van der Waals surface area contributed by atoms with Gasteiger partial charge in [-0.3, -0.25) is 9.59 Å². The number of aliphatic hydroxyl groups excluding tert-OH is 1. The van der Waals surface area contributed by atoms with Crippen molar-refractivity contribution in [3.05, 3.63) is 35.9 Å². The first-order valence-electron chi connectivity index (χ1n) is 7.41. The molecule has 0 fully saturated rings. The van der Waals surface area contributed by atoms with Crippen molar-refractivity contribution in [2.75, 3.05) is 6.54 Å². The zero-order valence-corrected chi connectivity index (χ0v) is 13.6. The van der Waals surface area contributed by atoms with Crippen LogP contribution in [0.1, 0.15) is 33.3 Å². The fourth-order valence-electron chi connectivity index (χ4n) is 1.88. The fraction of sp³-hybridized carbons (Fsp3) is 0.529. The molecule has 2 atom stereocenters. The molecule has 122 valence electrons. The van der Waals surface area contributed by atoms with E-state index in [9.17, 15) is 14.7 Å². The van der Waals surface area contributed by atoms with E-state index in [-0.39, 0.29) is 13.0 Å². The summed E-state index contributed by atoms with van der Waals surface area (Å²) in [5.41, 5.74) is 0.224. The molecule has 5 nitrogen and oxygen atoms in total. The molecule has 0 heterocycles. The van der Waals surface area contributed by atoms with E-state index in [1.54, 1.807) is 27.7 Å². The average Bonchev–Trinajstić information content (AvgIpc) is 2.41. The number of hydrogen-bond donors (Lipinski definition) is 2. The number of carbonyl (C=O) groups is 2. The first kappa shape index (κ1) is 18.2. The molecular formula is C17H25NO4. The summed E-state index contributed by atoms with van der Waals surface area (Å²) in [4.78, 5) is 24.6. The summed E-state index contributed by atoms with van der Waals surface area (Å²) in [6, 6.07) is 9.31. The molecule has 2 N–H and O–H groups in total. The van der Waals surface area contributed by atoms with Gasteiger partial charge in [-0.1, -0.05) is 30.3 Å². The molecule has 0 bridgehead atoms. The molecule has 0 unspecified atom stereocenters. The Balaban J connectivity index is 2.84. The van der Waals surface area contributed by atoms with Gasteiger partial charge in [0.1, 0.15) is 11.5 Å². The minimum absolute atomic E-state index is 0.104. The molecule has 0 saturated heterocycles. The second-order valence-corrected chi connectivity index (χ2v) is 6.37. The molecule has 22 heavy (non-hydrogen) atoms. The lowest BCUT2D eigenvalue weighted by molar-refractivity contribution is -0.162. The fourth-order valence-corrected chi connectivity index (χ4v) is 1.88. The third-order valence-electron chi connectivity index (χ3n) is 2.86. The molecule has 1 aromatic rings. The van der Waals surface area contributed by atoms with Crippen LogP contribution in [0.2, 0.25) is 0 Å². The van der Waals surface area contributed by atoms with E-state index in [4.69, 9.17) is 4.74 Å². The second kappa shape index (κ2) is 7.94. The summed E-state index contributed by atoms with van der Waals surface area (Å²) in [6.45, 7) is 6.96. The maximum Gasteiger partial charge on any atom is 0.319 e. The highest BCUT2D eigenvalue weighted by Gasteiger charge is 2.31. The van der Waals surface area contributed by atoms with E-state index < -0.39 is 29.5 Å². The van der Waals surface area contributed by atoms with Gasteiger partial charge in [0.25, 0.3) is 0 Å². The zero-order chi connectivity index (χ0) is 16.8. The van der Waals surface area contributed by atoms with Gasteiger partial charge in [-0.15, -0.1) is 0 Å². The number of amides is 1. The minimum Gasteiger partial charge on any atom is -0.459 e. The SMILES string of the molecule is C[C@H](O)CNC(=O)[C@@H](Cc1ccccc1)C(=O)OC(C)(C)C. The summed E-state index contributed by atoms with van der Waals surface area (Å²) >= 11 is 0. The number of aliphatic hydroxyl groups is 1. The van der Waals surface area contributed by atoms with Gasteiger partial charge >= 0.3 is 5.97 Å². The van der Waals surface area contributed by atoms with Crippen LogP contribution in [-0.2, 0) is 20.7 Å². The van der Waals surface area contributed by atoms with Crippen LogP contribution in [0.25, 0.3) is 0 Å². The summed E-state index contributed by atoms with van der Waals surface area (Å²) < 4.78 is 5.34. The van der Waals surface area contributed by atoms with Gasteiger partial charge in [0.05, 0.1) is 6.10 Å². The van der Waals surface area contributed by atoms with Crippen LogP contribution in [0.3, 0.4) is 0 Å². The van der Waals surface area contributed by atoms with Gasteiger partial charge in [0.15, 0.2) is 0 Å². The van der Waals surface area contributed by atoms with Crippen LogP contribution in [0, 0.1) is 5.92 Å². The molecule has 1 rings (SSSR count). The van der Waals surface area contributed by atoms with Crippen molar-refractivity contribution in [2.45, 2.75) is 45.8 Å². The van der Waals surface area contributed by atoms with E-state index >= 15 is 0 Å². The van der Waals surface area contributed by atoms with Crippen molar-refractivity contribution in [3.63, 3.8) is 0 Å².